The Hall–Kier alpha value is -5.40. The second kappa shape index (κ2) is 15.7. The summed E-state index contributed by atoms with van der Waals surface area (Å²) in [6.07, 6.45) is 2.96. The Balaban J connectivity index is 1.65. The molecule has 3 heterocycles. The van der Waals surface area contributed by atoms with Gasteiger partial charge in [-0.3, -0.25) is 29.0 Å². The maximum atomic E-state index is 13.6. The van der Waals surface area contributed by atoms with Gasteiger partial charge in [0.15, 0.2) is 11.6 Å². The lowest BCUT2D eigenvalue weighted by Crippen LogP contribution is -2.34. The highest BCUT2D eigenvalue weighted by molar-refractivity contribution is 5.97. The molecule has 0 atom stereocenters. The first-order chi connectivity index (χ1) is 23.6. The Kier molecular flexibility index (Phi) is 11.2. The van der Waals surface area contributed by atoms with Gasteiger partial charge in [-0.1, -0.05) is 50.2 Å². The van der Waals surface area contributed by atoms with E-state index in [1.54, 1.807) is 16.8 Å². The highest BCUT2D eigenvalue weighted by Gasteiger charge is 2.22. The van der Waals surface area contributed by atoms with Crippen LogP contribution in [0, 0.1) is 0 Å². The van der Waals surface area contributed by atoms with Crippen LogP contribution in [-0.4, -0.2) is 94.3 Å². The quantitative estimate of drug-likeness (QED) is 0.0847. The van der Waals surface area contributed by atoms with E-state index in [9.17, 15) is 29.4 Å². The van der Waals surface area contributed by atoms with E-state index in [1.165, 1.54) is 4.90 Å². The molecular formula is C36H40N6O7. The number of aromatic nitrogens is 4. The summed E-state index contributed by atoms with van der Waals surface area (Å²) in [5.41, 5.74) is 3.51. The molecule has 0 fully saturated rings. The Labute approximate surface area is 283 Å². The maximum Gasteiger partial charge on any atom is 0.317 e. The molecule has 3 N–H and O–H groups in total. The van der Waals surface area contributed by atoms with E-state index in [1.807, 2.05) is 53.2 Å². The number of carbonyl (C=O) groups excluding carboxylic acids is 1. The number of nitrogens with zero attached hydrogens (tertiary/aromatic N) is 6. The van der Waals surface area contributed by atoms with Crippen molar-refractivity contribution in [3.63, 3.8) is 0 Å². The molecule has 13 heteroatoms. The molecule has 0 amide bonds. The first-order valence-corrected chi connectivity index (χ1v) is 16.3. The third-order valence-electron chi connectivity index (χ3n) is 8.47. The van der Waals surface area contributed by atoms with Crippen LogP contribution in [0.15, 0.2) is 66.9 Å². The minimum absolute atomic E-state index is 0.0202. The van der Waals surface area contributed by atoms with Crippen LogP contribution in [0.25, 0.3) is 33.4 Å². The topological polar surface area (TPSA) is 171 Å². The van der Waals surface area contributed by atoms with Crippen molar-refractivity contribution in [2.45, 2.75) is 52.6 Å². The number of carboxylic acid groups (broad SMARTS) is 3. The number of hydrogen-bond donors (Lipinski definition) is 3. The van der Waals surface area contributed by atoms with Crippen LogP contribution in [-0.2, 0) is 27.5 Å². The Bertz CT molecular complexity index is 1980. The van der Waals surface area contributed by atoms with E-state index in [2.05, 4.69) is 24.8 Å². The molecule has 0 radical (unpaired) electrons. The van der Waals surface area contributed by atoms with E-state index in [0.29, 0.717) is 46.6 Å². The standard InChI is InChI=1S/C36H40N6O7/c1-3-39(4-2)19-25-20-41(29-13-7-5-11-26(25)29)32-17-24(31(43)15-9-10-16-34(44)45)18-33(37-32)42-30-14-8-6-12-27(30)28(38-42)21-40(22-35(46)47)23-36(48)49/h5-8,11-14,17-18,20H,3-4,9-10,15-16,19,21-23H2,1-2H3,(H,44,45)(H,46,47)(H,48,49). The predicted octanol–water partition coefficient (Wildman–Crippen LogP) is 5.01. The number of fused-ring (bicyclic) bond motifs is 2. The SMILES string of the molecule is CCN(CC)Cc1cn(-c2cc(C(=O)CCCCC(=O)O)cc(-n3nc(CN(CC(=O)O)CC(=O)O)c4ccccc43)n2)c2ccccc12. The maximum absolute atomic E-state index is 13.6. The molecule has 0 unspecified atom stereocenters. The predicted molar refractivity (Wildman–Crippen MR) is 183 cm³/mol. The number of para-hydroxylation sites is 2. The van der Waals surface area contributed by atoms with Gasteiger partial charge in [-0.15, -0.1) is 0 Å². The summed E-state index contributed by atoms with van der Waals surface area (Å²) in [4.78, 5) is 56.3. The van der Waals surface area contributed by atoms with Crippen LogP contribution in [0.2, 0.25) is 0 Å². The number of pyridine rings is 1. The van der Waals surface area contributed by atoms with Gasteiger partial charge in [0, 0.05) is 48.5 Å². The molecule has 2 aromatic carbocycles. The smallest absolute Gasteiger partial charge is 0.317 e. The van der Waals surface area contributed by atoms with Crippen molar-refractivity contribution in [2.75, 3.05) is 26.2 Å². The van der Waals surface area contributed by atoms with Gasteiger partial charge < -0.3 is 19.9 Å². The van der Waals surface area contributed by atoms with E-state index < -0.39 is 31.0 Å². The number of rotatable bonds is 18. The molecule has 5 rings (SSSR count). The zero-order valence-corrected chi connectivity index (χ0v) is 27.6. The summed E-state index contributed by atoms with van der Waals surface area (Å²) in [5.74, 6) is -2.56. The van der Waals surface area contributed by atoms with Crippen LogP contribution in [0.3, 0.4) is 0 Å². The third-order valence-corrected chi connectivity index (χ3v) is 8.47. The highest BCUT2D eigenvalue weighted by Crippen LogP contribution is 2.29. The van der Waals surface area contributed by atoms with Crippen molar-refractivity contribution in [3.8, 4) is 11.6 Å². The average Bonchev–Trinajstić information content (AvgIpc) is 3.63. The normalized spacial score (nSPS) is 11.6. The Morgan fingerprint density at radius 1 is 0.714 bits per heavy atom. The average molecular weight is 669 g/mol. The van der Waals surface area contributed by atoms with Gasteiger partial charge >= 0.3 is 17.9 Å². The highest BCUT2D eigenvalue weighted by atomic mass is 16.4. The zero-order chi connectivity index (χ0) is 35.1. The lowest BCUT2D eigenvalue weighted by atomic mass is 10.1. The molecule has 0 aliphatic carbocycles. The van der Waals surface area contributed by atoms with Crippen LogP contribution in [0.4, 0.5) is 0 Å². The fourth-order valence-electron chi connectivity index (χ4n) is 6.04. The fraction of sp³-hybridized carbons (Fsp3) is 0.333. The van der Waals surface area contributed by atoms with E-state index in [4.69, 9.17) is 15.2 Å². The summed E-state index contributed by atoms with van der Waals surface area (Å²) < 4.78 is 3.56. The molecule has 0 spiro atoms. The molecular weight excluding hydrogens is 628 g/mol. The van der Waals surface area contributed by atoms with Gasteiger partial charge in [0.05, 0.1) is 29.8 Å². The Morgan fingerprint density at radius 3 is 1.98 bits per heavy atom. The third kappa shape index (κ3) is 8.37. The Morgan fingerprint density at radius 2 is 1.33 bits per heavy atom. The summed E-state index contributed by atoms with van der Waals surface area (Å²) in [5, 5.41) is 34.4. The van der Waals surface area contributed by atoms with Gasteiger partial charge in [-0.25, -0.2) is 9.67 Å². The van der Waals surface area contributed by atoms with Crippen molar-refractivity contribution < 1.29 is 34.5 Å². The summed E-state index contributed by atoms with van der Waals surface area (Å²) in [7, 11) is 0. The van der Waals surface area contributed by atoms with Crippen molar-refractivity contribution in [1.82, 2.24) is 29.1 Å². The minimum atomic E-state index is -1.16. The lowest BCUT2D eigenvalue weighted by molar-refractivity contribution is -0.142. The number of unbranched alkanes of at least 4 members (excludes halogenated alkanes) is 1. The molecule has 256 valence electrons. The lowest BCUT2D eigenvalue weighted by Gasteiger charge is -2.17. The number of carboxylic acids is 3. The number of aliphatic carboxylic acids is 3. The molecule has 0 aliphatic rings. The van der Waals surface area contributed by atoms with Crippen LogP contribution in [0.5, 0.6) is 0 Å². The summed E-state index contributed by atoms with van der Waals surface area (Å²) in [6, 6.07) is 18.7. The largest absolute Gasteiger partial charge is 0.481 e. The number of benzene rings is 2. The van der Waals surface area contributed by atoms with Crippen LogP contribution >= 0.6 is 0 Å². The minimum Gasteiger partial charge on any atom is -0.481 e. The van der Waals surface area contributed by atoms with E-state index >= 15 is 0 Å². The molecule has 0 aliphatic heterocycles. The fourth-order valence-corrected chi connectivity index (χ4v) is 6.04. The molecule has 13 nitrogen and oxygen atoms in total. The monoisotopic (exact) mass is 668 g/mol. The molecule has 0 saturated heterocycles. The molecule has 0 saturated carbocycles. The van der Waals surface area contributed by atoms with Gasteiger partial charge in [0.1, 0.15) is 5.82 Å². The van der Waals surface area contributed by atoms with Crippen molar-refractivity contribution in [2.24, 2.45) is 0 Å². The van der Waals surface area contributed by atoms with Crippen molar-refractivity contribution in [1.29, 1.82) is 0 Å². The van der Waals surface area contributed by atoms with Gasteiger partial charge in [-0.05, 0) is 55.8 Å². The van der Waals surface area contributed by atoms with Crippen molar-refractivity contribution in [3.05, 3.63) is 83.7 Å². The second-order valence-corrected chi connectivity index (χ2v) is 11.9. The molecule has 0 bridgehead atoms. The summed E-state index contributed by atoms with van der Waals surface area (Å²) >= 11 is 0. The number of Topliss-reactive ketones (excluding diaryl/α,β-unsaturated/α-hetero) is 1. The first-order valence-electron chi connectivity index (χ1n) is 16.3. The summed E-state index contributed by atoms with van der Waals surface area (Å²) in [6.45, 7) is 5.71. The van der Waals surface area contributed by atoms with Gasteiger partial charge in [0.2, 0.25) is 0 Å². The first kappa shape index (κ1) is 34.9. The number of hydrogen-bond acceptors (Lipinski definition) is 8. The number of ketones is 1. The van der Waals surface area contributed by atoms with Crippen LogP contribution < -0.4 is 0 Å². The number of carbonyl (C=O) groups is 4. The van der Waals surface area contributed by atoms with Gasteiger partial charge in [-0.2, -0.15) is 5.10 Å². The zero-order valence-electron chi connectivity index (χ0n) is 27.6. The molecule has 5 aromatic rings. The second-order valence-electron chi connectivity index (χ2n) is 11.9. The molecule has 49 heavy (non-hydrogen) atoms. The van der Waals surface area contributed by atoms with Crippen LogP contribution in [0.1, 0.15) is 61.1 Å². The van der Waals surface area contributed by atoms with E-state index in [0.717, 1.165) is 36.1 Å². The van der Waals surface area contributed by atoms with E-state index in [-0.39, 0.29) is 25.2 Å². The van der Waals surface area contributed by atoms with Gasteiger partial charge in [0.25, 0.3) is 0 Å². The van der Waals surface area contributed by atoms with Crippen molar-refractivity contribution >= 4 is 45.5 Å². The molecule has 3 aromatic heterocycles.